The van der Waals surface area contributed by atoms with Crippen molar-refractivity contribution in [3.8, 4) is 11.5 Å². The van der Waals surface area contributed by atoms with E-state index in [-0.39, 0.29) is 0 Å². The fourth-order valence-corrected chi connectivity index (χ4v) is 2.17. The summed E-state index contributed by atoms with van der Waals surface area (Å²) in [7, 11) is 0. The van der Waals surface area contributed by atoms with Crippen molar-refractivity contribution in [2.75, 3.05) is 6.54 Å². The van der Waals surface area contributed by atoms with Gasteiger partial charge in [0.25, 0.3) is 0 Å². The van der Waals surface area contributed by atoms with Gasteiger partial charge in [-0.2, -0.15) is 0 Å². The van der Waals surface area contributed by atoms with Gasteiger partial charge in [0.1, 0.15) is 11.5 Å². The second-order valence-electron chi connectivity index (χ2n) is 5.43. The van der Waals surface area contributed by atoms with E-state index in [0.717, 1.165) is 29.0 Å². The molecule has 0 atom stereocenters. The molecule has 2 nitrogen and oxygen atoms in total. The van der Waals surface area contributed by atoms with Crippen LogP contribution in [-0.2, 0) is 6.42 Å². The van der Waals surface area contributed by atoms with E-state index in [9.17, 15) is 0 Å². The second kappa shape index (κ2) is 6.58. The molecule has 0 saturated heterocycles. The SMILES string of the molecule is Cc1ccc(C(C)C)cc1Oc1ccccc1CCN. The van der Waals surface area contributed by atoms with Crippen molar-refractivity contribution in [1.29, 1.82) is 0 Å². The highest BCUT2D eigenvalue weighted by Gasteiger charge is 2.08. The van der Waals surface area contributed by atoms with Crippen LogP contribution in [0.1, 0.15) is 36.5 Å². The van der Waals surface area contributed by atoms with Crippen LogP contribution in [0, 0.1) is 6.92 Å². The maximum Gasteiger partial charge on any atom is 0.130 e. The first-order chi connectivity index (χ1) is 9.61. The lowest BCUT2D eigenvalue weighted by Crippen LogP contribution is -2.04. The van der Waals surface area contributed by atoms with Crippen LogP contribution in [0.2, 0.25) is 0 Å². The Labute approximate surface area is 121 Å². The summed E-state index contributed by atoms with van der Waals surface area (Å²) in [6, 6.07) is 14.5. The highest BCUT2D eigenvalue weighted by atomic mass is 16.5. The number of para-hydroxylation sites is 1. The Morgan fingerprint density at radius 2 is 1.80 bits per heavy atom. The number of ether oxygens (including phenoxy) is 1. The molecule has 0 amide bonds. The van der Waals surface area contributed by atoms with Crippen molar-refractivity contribution in [3.05, 3.63) is 59.2 Å². The van der Waals surface area contributed by atoms with Crippen molar-refractivity contribution in [3.63, 3.8) is 0 Å². The molecule has 0 aliphatic heterocycles. The van der Waals surface area contributed by atoms with Crippen molar-refractivity contribution in [1.82, 2.24) is 0 Å². The van der Waals surface area contributed by atoms with Crippen LogP contribution in [0.4, 0.5) is 0 Å². The van der Waals surface area contributed by atoms with E-state index in [1.54, 1.807) is 0 Å². The Kier molecular flexibility index (Phi) is 4.80. The van der Waals surface area contributed by atoms with Crippen molar-refractivity contribution >= 4 is 0 Å². The predicted molar refractivity (Wildman–Crippen MR) is 84.5 cm³/mol. The Balaban J connectivity index is 2.32. The Morgan fingerprint density at radius 1 is 1.05 bits per heavy atom. The molecule has 0 bridgehead atoms. The summed E-state index contributed by atoms with van der Waals surface area (Å²) < 4.78 is 6.13. The molecule has 0 aliphatic rings. The first-order valence-electron chi connectivity index (χ1n) is 7.18. The van der Waals surface area contributed by atoms with Gasteiger partial charge in [-0.25, -0.2) is 0 Å². The van der Waals surface area contributed by atoms with Crippen molar-refractivity contribution in [2.24, 2.45) is 5.73 Å². The fourth-order valence-electron chi connectivity index (χ4n) is 2.17. The van der Waals surface area contributed by atoms with E-state index >= 15 is 0 Å². The zero-order valence-electron chi connectivity index (χ0n) is 12.5. The predicted octanol–water partition coefficient (Wildman–Crippen LogP) is 4.41. The molecule has 20 heavy (non-hydrogen) atoms. The average molecular weight is 269 g/mol. The number of hydrogen-bond donors (Lipinski definition) is 1. The number of rotatable bonds is 5. The third kappa shape index (κ3) is 3.40. The smallest absolute Gasteiger partial charge is 0.130 e. The van der Waals surface area contributed by atoms with Crippen LogP contribution in [0.5, 0.6) is 11.5 Å². The maximum absolute atomic E-state index is 6.13. The van der Waals surface area contributed by atoms with E-state index in [0.29, 0.717) is 12.5 Å². The van der Waals surface area contributed by atoms with E-state index in [4.69, 9.17) is 10.5 Å². The molecule has 0 radical (unpaired) electrons. The van der Waals surface area contributed by atoms with Crippen molar-refractivity contribution in [2.45, 2.75) is 33.1 Å². The molecule has 2 N–H and O–H groups in total. The number of aryl methyl sites for hydroxylation is 1. The summed E-state index contributed by atoms with van der Waals surface area (Å²) in [6.07, 6.45) is 0.832. The zero-order chi connectivity index (χ0) is 14.5. The quantitative estimate of drug-likeness (QED) is 0.872. The molecule has 2 rings (SSSR count). The maximum atomic E-state index is 6.13. The molecular weight excluding hydrogens is 246 g/mol. The molecule has 2 aromatic rings. The number of nitrogens with two attached hydrogens (primary N) is 1. The Morgan fingerprint density at radius 3 is 2.50 bits per heavy atom. The van der Waals surface area contributed by atoms with Gasteiger partial charge in [-0.3, -0.25) is 0 Å². The van der Waals surface area contributed by atoms with Crippen LogP contribution in [0.15, 0.2) is 42.5 Å². The lowest BCUT2D eigenvalue weighted by atomic mass is 10.0. The average Bonchev–Trinajstić information content (AvgIpc) is 2.43. The molecule has 2 heteroatoms. The van der Waals surface area contributed by atoms with Gasteiger partial charge in [0.05, 0.1) is 0 Å². The standard InChI is InChI=1S/C18H23NO/c1-13(2)16-9-8-14(3)18(12-16)20-17-7-5-4-6-15(17)10-11-19/h4-9,12-13H,10-11,19H2,1-3H3. The summed E-state index contributed by atoms with van der Waals surface area (Å²) >= 11 is 0. The number of benzene rings is 2. The summed E-state index contributed by atoms with van der Waals surface area (Å²) in [5, 5.41) is 0. The van der Waals surface area contributed by atoms with Crippen LogP contribution in [0.25, 0.3) is 0 Å². The highest BCUT2D eigenvalue weighted by Crippen LogP contribution is 2.30. The molecule has 0 heterocycles. The molecule has 106 valence electrons. The minimum Gasteiger partial charge on any atom is -0.457 e. The summed E-state index contributed by atoms with van der Waals surface area (Å²) in [4.78, 5) is 0. The van der Waals surface area contributed by atoms with Gasteiger partial charge in [0, 0.05) is 0 Å². The van der Waals surface area contributed by atoms with Gasteiger partial charge in [0.2, 0.25) is 0 Å². The zero-order valence-corrected chi connectivity index (χ0v) is 12.5. The Bertz CT molecular complexity index is 575. The van der Waals surface area contributed by atoms with E-state index < -0.39 is 0 Å². The van der Waals surface area contributed by atoms with E-state index in [1.807, 2.05) is 18.2 Å². The fraction of sp³-hybridized carbons (Fsp3) is 0.333. The topological polar surface area (TPSA) is 35.2 Å². The Hall–Kier alpha value is -1.80. The van der Waals surface area contributed by atoms with Crippen LogP contribution < -0.4 is 10.5 Å². The molecule has 0 aliphatic carbocycles. The van der Waals surface area contributed by atoms with E-state index in [1.165, 1.54) is 5.56 Å². The van der Waals surface area contributed by atoms with Gasteiger partial charge in [0.15, 0.2) is 0 Å². The van der Waals surface area contributed by atoms with E-state index in [2.05, 4.69) is 45.0 Å². The monoisotopic (exact) mass is 269 g/mol. The molecule has 0 unspecified atom stereocenters. The van der Waals surface area contributed by atoms with Crippen molar-refractivity contribution < 1.29 is 4.74 Å². The molecular formula is C18H23NO. The first-order valence-corrected chi connectivity index (χ1v) is 7.18. The normalized spacial score (nSPS) is 10.8. The van der Waals surface area contributed by atoms with Gasteiger partial charge < -0.3 is 10.5 Å². The van der Waals surface area contributed by atoms with Gasteiger partial charge in [-0.15, -0.1) is 0 Å². The third-order valence-corrected chi connectivity index (χ3v) is 3.49. The lowest BCUT2D eigenvalue weighted by Gasteiger charge is -2.15. The largest absolute Gasteiger partial charge is 0.457 e. The summed E-state index contributed by atoms with van der Waals surface area (Å²) in [5.41, 5.74) is 9.26. The first kappa shape index (κ1) is 14.6. The minimum atomic E-state index is 0.497. The van der Waals surface area contributed by atoms with Gasteiger partial charge in [-0.05, 0) is 54.6 Å². The molecule has 0 spiro atoms. The van der Waals surface area contributed by atoms with Gasteiger partial charge in [-0.1, -0.05) is 44.2 Å². The lowest BCUT2D eigenvalue weighted by molar-refractivity contribution is 0.471. The summed E-state index contributed by atoms with van der Waals surface area (Å²) in [6.45, 7) is 7.09. The highest BCUT2D eigenvalue weighted by molar-refractivity contribution is 5.43. The van der Waals surface area contributed by atoms with Crippen LogP contribution >= 0.6 is 0 Å². The van der Waals surface area contributed by atoms with Gasteiger partial charge >= 0.3 is 0 Å². The molecule has 0 aromatic heterocycles. The van der Waals surface area contributed by atoms with Crippen LogP contribution in [0.3, 0.4) is 0 Å². The number of hydrogen-bond acceptors (Lipinski definition) is 2. The molecule has 0 fully saturated rings. The molecule has 0 saturated carbocycles. The van der Waals surface area contributed by atoms with Crippen LogP contribution in [-0.4, -0.2) is 6.54 Å². The summed E-state index contributed by atoms with van der Waals surface area (Å²) in [5.74, 6) is 2.33. The molecule has 2 aromatic carbocycles. The second-order valence-corrected chi connectivity index (χ2v) is 5.43. The minimum absolute atomic E-state index is 0.497. The third-order valence-electron chi connectivity index (χ3n) is 3.49.